The average molecular weight is 354 g/mol. The van der Waals surface area contributed by atoms with E-state index in [1.165, 1.54) is 4.90 Å². The van der Waals surface area contributed by atoms with Gasteiger partial charge in [-0.05, 0) is 36.5 Å². The Labute approximate surface area is 143 Å². The van der Waals surface area contributed by atoms with Crippen LogP contribution >= 0.6 is 23.8 Å². The molecule has 122 valence electrons. The third kappa shape index (κ3) is 3.32. The summed E-state index contributed by atoms with van der Waals surface area (Å²) in [5.74, 6) is 0.752. The predicted molar refractivity (Wildman–Crippen MR) is 92.1 cm³/mol. The number of methoxy groups -OCH3 is 1. The Bertz CT molecular complexity index is 816. The number of anilines is 1. The zero-order valence-electron chi connectivity index (χ0n) is 12.7. The van der Waals surface area contributed by atoms with E-state index in [4.69, 9.17) is 28.6 Å². The van der Waals surface area contributed by atoms with Crippen molar-refractivity contribution in [1.82, 2.24) is 9.55 Å². The van der Waals surface area contributed by atoms with Crippen molar-refractivity contribution in [1.29, 1.82) is 0 Å². The van der Waals surface area contributed by atoms with Gasteiger partial charge in [0, 0.05) is 17.8 Å². The van der Waals surface area contributed by atoms with Crippen molar-refractivity contribution in [3.05, 3.63) is 50.0 Å². The van der Waals surface area contributed by atoms with Gasteiger partial charge in [-0.25, -0.2) is 0 Å². The van der Waals surface area contributed by atoms with Gasteiger partial charge in [0.05, 0.1) is 6.61 Å². The molecule has 0 amide bonds. The van der Waals surface area contributed by atoms with Crippen molar-refractivity contribution in [3.8, 4) is 5.69 Å². The third-order valence-electron chi connectivity index (χ3n) is 3.88. The van der Waals surface area contributed by atoms with Crippen LogP contribution in [0.15, 0.2) is 29.1 Å². The highest BCUT2D eigenvalue weighted by molar-refractivity contribution is 7.71. The van der Waals surface area contributed by atoms with Crippen molar-refractivity contribution in [2.24, 2.45) is 0 Å². The first kappa shape index (κ1) is 16.2. The zero-order chi connectivity index (χ0) is 16.4. The average Bonchev–Trinajstić information content (AvgIpc) is 2.55. The molecule has 0 bridgehead atoms. The van der Waals surface area contributed by atoms with Gasteiger partial charge in [0.1, 0.15) is 24.5 Å². The lowest BCUT2D eigenvalue weighted by Gasteiger charge is -2.28. The Morgan fingerprint density at radius 1 is 1.39 bits per heavy atom. The fraction of sp³-hybridized carbons (Fsp3) is 0.333. The third-order valence-corrected chi connectivity index (χ3v) is 4.42. The maximum Gasteiger partial charge on any atom is 0.262 e. The van der Waals surface area contributed by atoms with Crippen LogP contribution in [0.2, 0.25) is 5.02 Å². The second-order valence-electron chi connectivity index (χ2n) is 5.42. The minimum absolute atomic E-state index is 0.141. The van der Waals surface area contributed by atoms with E-state index in [1.807, 2.05) is 16.7 Å². The molecule has 1 aromatic heterocycles. The van der Waals surface area contributed by atoms with Crippen LogP contribution in [-0.2, 0) is 11.3 Å². The van der Waals surface area contributed by atoms with Crippen molar-refractivity contribution in [3.63, 3.8) is 0 Å². The molecular weight excluding hydrogens is 336 g/mol. The van der Waals surface area contributed by atoms with E-state index in [9.17, 15) is 4.79 Å². The molecule has 2 heterocycles. The van der Waals surface area contributed by atoms with Crippen molar-refractivity contribution in [2.45, 2.75) is 6.54 Å². The second-order valence-corrected chi connectivity index (χ2v) is 6.24. The van der Waals surface area contributed by atoms with Gasteiger partial charge >= 0.3 is 0 Å². The summed E-state index contributed by atoms with van der Waals surface area (Å²) in [5.41, 5.74) is 1.42. The molecule has 2 aromatic rings. The van der Waals surface area contributed by atoms with Crippen LogP contribution in [0.5, 0.6) is 0 Å². The predicted octanol–water partition coefficient (Wildman–Crippen LogP) is 0.963. The number of H-pyrrole nitrogens is 1. The smallest absolute Gasteiger partial charge is 0.262 e. The Balaban J connectivity index is 2.05. The van der Waals surface area contributed by atoms with E-state index in [2.05, 4.69) is 10.3 Å². The molecule has 0 aliphatic carbocycles. The molecule has 0 radical (unpaired) electrons. The summed E-state index contributed by atoms with van der Waals surface area (Å²) in [6.07, 6.45) is 0. The zero-order valence-corrected chi connectivity index (χ0v) is 14.3. The first-order valence-corrected chi connectivity index (χ1v) is 8.09. The normalized spacial score (nSPS) is 16.7. The van der Waals surface area contributed by atoms with Gasteiger partial charge in [0.15, 0.2) is 11.4 Å². The van der Waals surface area contributed by atoms with Crippen LogP contribution < -0.4 is 15.8 Å². The van der Waals surface area contributed by atoms with E-state index < -0.39 is 0 Å². The van der Waals surface area contributed by atoms with Crippen molar-refractivity contribution in [2.75, 3.05) is 32.2 Å². The number of aromatic amines is 1. The van der Waals surface area contributed by atoms with Gasteiger partial charge in [-0.1, -0.05) is 11.6 Å². The highest BCUT2D eigenvalue weighted by Crippen LogP contribution is 2.20. The molecule has 0 saturated carbocycles. The summed E-state index contributed by atoms with van der Waals surface area (Å²) in [5, 5.41) is 3.99. The number of ether oxygens (including phenoxy) is 1. The molecular formula is C15H18ClN4O2S+. The topological polar surface area (TPSA) is 63.5 Å². The van der Waals surface area contributed by atoms with Gasteiger partial charge in [0.25, 0.3) is 5.56 Å². The van der Waals surface area contributed by atoms with Gasteiger partial charge in [-0.3, -0.25) is 14.3 Å². The van der Waals surface area contributed by atoms with E-state index in [1.54, 1.807) is 19.2 Å². The van der Waals surface area contributed by atoms with Crippen LogP contribution in [-0.4, -0.2) is 36.5 Å². The van der Waals surface area contributed by atoms with Crippen LogP contribution in [0.1, 0.15) is 5.56 Å². The van der Waals surface area contributed by atoms with Crippen LogP contribution in [0.25, 0.3) is 5.69 Å². The summed E-state index contributed by atoms with van der Waals surface area (Å²) in [7, 11) is 1.68. The molecule has 1 atom stereocenters. The van der Waals surface area contributed by atoms with Crippen LogP contribution in [0.3, 0.4) is 0 Å². The van der Waals surface area contributed by atoms with Gasteiger partial charge < -0.3 is 15.0 Å². The maximum atomic E-state index is 12.3. The Morgan fingerprint density at radius 3 is 2.83 bits per heavy atom. The minimum Gasteiger partial charge on any atom is -0.379 e. The summed E-state index contributed by atoms with van der Waals surface area (Å²) in [4.78, 5) is 16.3. The minimum atomic E-state index is -0.141. The number of nitrogens with one attached hydrogen (secondary N) is 3. The van der Waals surface area contributed by atoms with E-state index in [0.29, 0.717) is 35.2 Å². The molecule has 23 heavy (non-hydrogen) atoms. The molecule has 3 rings (SSSR count). The number of rotatable bonds is 4. The van der Waals surface area contributed by atoms with Gasteiger partial charge in [-0.2, -0.15) is 0 Å². The standard InChI is InChI=1S/C15H17ClN4O2S/c1-22-7-6-19-8-12-13(17-9-19)20(15(23)18-14(12)21)11-4-2-10(16)3-5-11/h2-5,17H,6-9H2,1H3,(H,18,21,23)/p+1. The Kier molecular flexibility index (Phi) is 4.82. The molecule has 8 heteroatoms. The number of aromatic nitrogens is 2. The van der Waals surface area contributed by atoms with Crippen LogP contribution in [0.4, 0.5) is 5.82 Å². The summed E-state index contributed by atoms with van der Waals surface area (Å²) >= 11 is 11.3. The lowest BCUT2D eigenvalue weighted by Crippen LogP contribution is -3.13. The largest absolute Gasteiger partial charge is 0.379 e. The highest BCUT2D eigenvalue weighted by Gasteiger charge is 2.24. The Morgan fingerprint density at radius 2 is 2.13 bits per heavy atom. The highest BCUT2D eigenvalue weighted by atomic mass is 35.5. The number of benzene rings is 1. The fourth-order valence-electron chi connectivity index (χ4n) is 2.70. The lowest BCUT2D eigenvalue weighted by atomic mass is 10.2. The molecule has 0 saturated heterocycles. The number of quaternary nitrogens is 1. The summed E-state index contributed by atoms with van der Waals surface area (Å²) < 4.78 is 7.32. The monoisotopic (exact) mass is 353 g/mol. The number of hydrogen-bond acceptors (Lipinski definition) is 4. The van der Waals surface area contributed by atoms with Gasteiger partial charge in [0.2, 0.25) is 0 Å². The number of fused-ring (bicyclic) bond motifs is 1. The van der Waals surface area contributed by atoms with E-state index in [-0.39, 0.29) is 5.56 Å². The lowest BCUT2D eigenvalue weighted by molar-refractivity contribution is -0.912. The molecule has 0 fully saturated rings. The molecule has 1 aliphatic rings. The van der Waals surface area contributed by atoms with E-state index >= 15 is 0 Å². The second kappa shape index (κ2) is 6.84. The van der Waals surface area contributed by atoms with E-state index in [0.717, 1.165) is 18.1 Å². The molecule has 1 aliphatic heterocycles. The molecule has 1 unspecified atom stereocenters. The molecule has 0 spiro atoms. The number of halogens is 1. The first-order valence-electron chi connectivity index (χ1n) is 7.30. The number of hydrogen-bond donors (Lipinski definition) is 3. The van der Waals surface area contributed by atoms with Crippen molar-refractivity contribution >= 4 is 29.6 Å². The van der Waals surface area contributed by atoms with Crippen molar-refractivity contribution < 1.29 is 9.64 Å². The van der Waals surface area contributed by atoms with Gasteiger partial charge in [-0.15, -0.1) is 0 Å². The van der Waals surface area contributed by atoms with Crippen LogP contribution in [0, 0.1) is 4.77 Å². The maximum absolute atomic E-state index is 12.3. The SMILES string of the molecule is COCC[NH+]1CNc2c(c(=O)[nH]c(=S)n2-c2ccc(Cl)cc2)C1. The fourth-order valence-corrected chi connectivity index (χ4v) is 3.12. The molecule has 1 aromatic carbocycles. The summed E-state index contributed by atoms with van der Waals surface area (Å²) in [6, 6.07) is 7.36. The summed E-state index contributed by atoms with van der Waals surface area (Å²) in [6.45, 7) is 2.83. The quantitative estimate of drug-likeness (QED) is 0.717. The Hall–Kier alpha value is -1.67. The molecule has 3 N–H and O–H groups in total. The number of nitrogens with zero attached hydrogens (tertiary/aromatic N) is 1. The molecule has 6 nitrogen and oxygen atoms in total. The first-order chi connectivity index (χ1) is 11.1.